The Morgan fingerprint density at radius 3 is 2.63 bits per heavy atom. The molecule has 1 saturated heterocycles. The fourth-order valence-corrected chi connectivity index (χ4v) is 3.54. The van der Waals surface area contributed by atoms with Crippen LogP contribution in [-0.4, -0.2) is 25.2 Å². The van der Waals surface area contributed by atoms with Crippen molar-refractivity contribution in [2.75, 3.05) is 13.1 Å². The fourth-order valence-electron chi connectivity index (χ4n) is 3.54. The van der Waals surface area contributed by atoms with Gasteiger partial charge < -0.3 is 15.4 Å². The van der Waals surface area contributed by atoms with Crippen LogP contribution in [0, 0.1) is 11.7 Å². The van der Waals surface area contributed by atoms with Gasteiger partial charge >= 0.3 is 6.09 Å². The number of hydrogen-bond acceptors (Lipinski definition) is 3. The highest BCUT2D eigenvalue weighted by molar-refractivity contribution is 5.67. The van der Waals surface area contributed by atoms with Gasteiger partial charge in [-0.15, -0.1) is 0 Å². The smallest absolute Gasteiger partial charge is 0.407 e. The maximum atomic E-state index is 13.1. The Hall–Kier alpha value is -2.40. The Labute approximate surface area is 160 Å². The molecule has 4 nitrogen and oxygen atoms in total. The summed E-state index contributed by atoms with van der Waals surface area (Å²) in [5.41, 5.74) is 2.04. The third-order valence-electron chi connectivity index (χ3n) is 5.08. The Balaban J connectivity index is 1.55. The van der Waals surface area contributed by atoms with Gasteiger partial charge in [-0.2, -0.15) is 0 Å². The second-order valence-corrected chi connectivity index (χ2v) is 7.08. The summed E-state index contributed by atoms with van der Waals surface area (Å²) in [5, 5.41) is 6.47. The molecule has 27 heavy (non-hydrogen) atoms. The van der Waals surface area contributed by atoms with E-state index in [9.17, 15) is 9.18 Å². The van der Waals surface area contributed by atoms with Gasteiger partial charge in [-0.3, -0.25) is 0 Å². The summed E-state index contributed by atoms with van der Waals surface area (Å²) in [6.45, 7) is 2.19. The second kappa shape index (κ2) is 10.1. The number of piperidine rings is 1. The molecule has 1 heterocycles. The van der Waals surface area contributed by atoms with E-state index in [1.807, 2.05) is 30.3 Å². The minimum absolute atomic E-state index is 0.0335. The van der Waals surface area contributed by atoms with E-state index in [1.54, 1.807) is 12.1 Å². The first-order valence-electron chi connectivity index (χ1n) is 9.63. The average Bonchev–Trinajstić information content (AvgIpc) is 2.72. The number of carbonyl (C=O) groups is 1. The number of amides is 1. The number of benzene rings is 2. The van der Waals surface area contributed by atoms with Gasteiger partial charge in [-0.05, 0) is 68.0 Å². The predicted octanol–water partition coefficient (Wildman–Crippen LogP) is 4.05. The van der Waals surface area contributed by atoms with Gasteiger partial charge in [0.05, 0.1) is 0 Å². The van der Waals surface area contributed by atoms with Crippen LogP contribution in [0.25, 0.3) is 0 Å². The summed E-state index contributed by atoms with van der Waals surface area (Å²) in [6.07, 6.45) is 3.41. The summed E-state index contributed by atoms with van der Waals surface area (Å²) in [4.78, 5) is 12.3. The molecule has 2 unspecified atom stereocenters. The minimum Gasteiger partial charge on any atom is -0.445 e. The lowest BCUT2D eigenvalue weighted by Gasteiger charge is -2.31. The van der Waals surface area contributed by atoms with Gasteiger partial charge in [-0.1, -0.05) is 42.5 Å². The van der Waals surface area contributed by atoms with Crippen molar-refractivity contribution >= 4 is 6.09 Å². The minimum atomic E-state index is -0.381. The second-order valence-electron chi connectivity index (χ2n) is 7.08. The normalized spacial score (nSPS) is 17.9. The summed E-state index contributed by atoms with van der Waals surface area (Å²) in [7, 11) is 0. The van der Waals surface area contributed by atoms with Crippen molar-refractivity contribution in [1.82, 2.24) is 10.6 Å². The van der Waals surface area contributed by atoms with E-state index in [-0.39, 0.29) is 24.6 Å². The molecule has 2 N–H and O–H groups in total. The molecule has 1 fully saturated rings. The van der Waals surface area contributed by atoms with Crippen LogP contribution < -0.4 is 10.6 Å². The molecule has 0 radical (unpaired) electrons. The highest BCUT2D eigenvalue weighted by atomic mass is 19.1. The highest BCUT2D eigenvalue weighted by Gasteiger charge is 2.25. The van der Waals surface area contributed by atoms with Crippen molar-refractivity contribution in [1.29, 1.82) is 0 Å². The summed E-state index contributed by atoms with van der Waals surface area (Å²) >= 11 is 0. The maximum absolute atomic E-state index is 13.1. The number of nitrogens with one attached hydrogen (secondary N) is 2. The number of halogens is 1. The van der Waals surface area contributed by atoms with Gasteiger partial charge in [0.25, 0.3) is 0 Å². The summed E-state index contributed by atoms with van der Waals surface area (Å²) < 4.78 is 18.5. The Bertz CT molecular complexity index is 700. The molecule has 0 aromatic heterocycles. The molecule has 0 spiro atoms. The van der Waals surface area contributed by atoms with Crippen molar-refractivity contribution in [3.63, 3.8) is 0 Å². The van der Waals surface area contributed by atoms with Gasteiger partial charge in [0.2, 0.25) is 0 Å². The lowest BCUT2D eigenvalue weighted by atomic mass is 9.88. The van der Waals surface area contributed by atoms with E-state index < -0.39 is 0 Å². The van der Waals surface area contributed by atoms with Crippen molar-refractivity contribution in [3.05, 3.63) is 71.5 Å². The zero-order valence-corrected chi connectivity index (χ0v) is 15.5. The standard InChI is InChI=1S/C22H27FN2O2/c23-20-11-8-17(9-12-20)10-13-21(19-7-4-14-24-15-19)25-22(26)27-16-18-5-2-1-3-6-18/h1-3,5-6,8-9,11-12,19,21,24H,4,7,10,13-16H2,(H,25,26). The van der Waals surface area contributed by atoms with Crippen LogP contribution in [0.15, 0.2) is 54.6 Å². The van der Waals surface area contributed by atoms with Crippen LogP contribution in [-0.2, 0) is 17.8 Å². The molecular weight excluding hydrogens is 343 g/mol. The first-order chi connectivity index (χ1) is 13.2. The Morgan fingerprint density at radius 2 is 1.93 bits per heavy atom. The summed E-state index contributed by atoms with van der Waals surface area (Å²) in [6, 6.07) is 16.3. The average molecular weight is 370 g/mol. The quantitative estimate of drug-likeness (QED) is 0.773. The number of aryl methyl sites for hydroxylation is 1. The number of carbonyl (C=O) groups excluding carboxylic acids is 1. The zero-order chi connectivity index (χ0) is 18.9. The topological polar surface area (TPSA) is 50.4 Å². The molecule has 1 aliphatic rings. The number of hydrogen-bond donors (Lipinski definition) is 2. The van der Waals surface area contributed by atoms with Crippen LogP contribution >= 0.6 is 0 Å². The molecular formula is C22H27FN2O2. The molecule has 0 aliphatic carbocycles. The van der Waals surface area contributed by atoms with Crippen molar-refractivity contribution in [3.8, 4) is 0 Å². The van der Waals surface area contributed by atoms with Crippen LogP contribution in [0.1, 0.15) is 30.4 Å². The van der Waals surface area contributed by atoms with E-state index in [0.29, 0.717) is 5.92 Å². The first-order valence-corrected chi connectivity index (χ1v) is 9.63. The largest absolute Gasteiger partial charge is 0.445 e. The zero-order valence-electron chi connectivity index (χ0n) is 15.5. The summed E-state index contributed by atoms with van der Waals surface area (Å²) in [5.74, 6) is 0.151. The molecule has 3 rings (SSSR count). The van der Waals surface area contributed by atoms with Crippen molar-refractivity contribution < 1.29 is 13.9 Å². The van der Waals surface area contributed by atoms with Gasteiger partial charge in [-0.25, -0.2) is 9.18 Å². The number of rotatable bonds is 7. The van der Waals surface area contributed by atoms with E-state index in [4.69, 9.17) is 4.74 Å². The van der Waals surface area contributed by atoms with Crippen LogP contribution in [0.3, 0.4) is 0 Å². The lowest BCUT2D eigenvalue weighted by molar-refractivity contribution is 0.128. The monoisotopic (exact) mass is 370 g/mol. The predicted molar refractivity (Wildman–Crippen MR) is 104 cm³/mol. The fraction of sp³-hybridized carbons (Fsp3) is 0.409. The maximum Gasteiger partial charge on any atom is 0.407 e. The Morgan fingerprint density at radius 1 is 1.15 bits per heavy atom. The Kier molecular flexibility index (Phi) is 7.22. The SMILES string of the molecule is O=C(NC(CCc1ccc(F)cc1)C1CCCNC1)OCc1ccccc1. The van der Waals surface area contributed by atoms with Gasteiger partial charge in [0, 0.05) is 6.04 Å². The third kappa shape index (κ3) is 6.36. The van der Waals surface area contributed by atoms with Crippen LogP contribution in [0.5, 0.6) is 0 Å². The molecule has 2 atom stereocenters. The van der Waals surface area contributed by atoms with Crippen molar-refractivity contribution in [2.45, 2.75) is 38.3 Å². The number of ether oxygens (including phenoxy) is 1. The first kappa shape index (κ1) is 19.4. The molecule has 2 aromatic rings. The van der Waals surface area contributed by atoms with Gasteiger partial charge in [0.1, 0.15) is 12.4 Å². The van der Waals surface area contributed by atoms with Crippen molar-refractivity contribution in [2.24, 2.45) is 5.92 Å². The molecule has 1 amide bonds. The molecule has 5 heteroatoms. The van der Waals surface area contributed by atoms with Crippen LogP contribution in [0.4, 0.5) is 9.18 Å². The van der Waals surface area contributed by atoms with E-state index in [2.05, 4.69) is 10.6 Å². The third-order valence-corrected chi connectivity index (χ3v) is 5.08. The molecule has 0 saturated carbocycles. The van der Waals surface area contributed by atoms with E-state index in [1.165, 1.54) is 12.1 Å². The van der Waals surface area contributed by atoms with Gasteiger partial charge in [0.15, 0.2) is 0 Å². The van der Waals surface area contributed by atoms with E-state index >= 15 is 0 Å². The van der Waals surface area contributed by atoms with Crippen LogP contribution in [0.2, 0.25) is 0 Å². The molecule has 144 valence electrons. The lowest BCUT2D eigenvalue weighted by Crippen LogP contribution is -2.46. The number of alkyl carbamates (subject to hydrolysis) is 1. The highest BCUT2D eigenvalue weighted by Crippen LogP contribution is 2.19. The molecule has 1 aliphatic heterocycles. The molecule has 2 aromatic carbocycles. The molecule has 0 bridgehead atoms. The van der Waals surface area contributed by atoms with E-state index in [0.717, 1.165) is 49.9 Å².